The van der Waals surface area contributed by atoms with Crippen LogP contribution in [0.5, 0.6) is 0 Å². The van der Waals surface area contributed by atoms with Crippen LogP contribution >= 0.6 is 0 Å². The molecule has 2 atom stereocenters. The fourth-order valence-electron chi connectivity index (χ4n) is 2.20. The first kappa shape index (κ1) is 23.8. The standard InChI is InChI=1S/C14H30O4S.K/c1-3-5-9-13(15)10-7-8-12-14(11-6-4-2)19(16,17)18;/h13-15H,3-12H2,1-2H3,(H,16,17,18);/q;+1/p-1. The molecule has 0 saturated heterocycles. The van der Waals surface area contributed by atoms with E-state index in [2.05, 4.69) is 6.92 Å². The third-order valence-electron chi connectivity index (χ3n) is 3.49. The average molecular weight is 333 g/mol. The Balaban J connectivity index is 0. The van der Waals surface area contributed by atoms with Crippen LogP contribution in [0.1, 0.15) is 78.1 Å². The first-order valence-electron chi connectivity index (χ1n) is 7.54. The summed E-state index contributed by atoms with van der Waals surface area (Å²) in [5.74, 6) is 0. The van der Waals surface area contributed by atoms with E-state index in [-0.39, 0.29) is 57.5 Å². The third-order valence-corrected chi connectivity index (χ3v) is 4.78. The number of rotatable bonds is 12. The van der Waals surface area contributed by atoms with E-state index in [0.29, 0.717) is 25.7 Å². The summed E-state index contributed by atoms with van der Waals surface area (Å²) < 4.78 is 33.3. The Morgan fingerprint density at radius 3 is 1.80 bits per heavy atom. The van der Waals surface area contributed by atoms with E-state index >= 15 is 0 Å². The van der Waals surface area contributed by atoms with Gasteiger partial charge < -0.3 is 9.66 Å². The number of hydrogen-bond acceptors (Lipinski definition) is 4. The Kier molecular flexibility index (Phi) is 16.8. The smallest absolute Gasteiger partial charge is 0.748 e. The van der Waals surface area contributed by atoms with Gasteiger partial charge in [-0.2, -0.15) is 0 Å². The van der Waals surface area contributed by atoms with Crippen LogP contribution in [0, 0.1) is 0 Å². The maximum atomic E-state index is 11.1. The van der Waals surface area contributed by atoms with Gasteiger partial charge in [0.05, 0.1) is 16.2 Å². The number of aliphatic hydroxyl groups is 1. The zero-order valence-corrected chi connectivity index (χ0v) is 17.2. The van der Waals surface area contributed by atoms with Crippen molar-refractivity contribution in [2.24, 2.45) is 0 Å². The fourth-order valence-corrected chi connectivity index (χ4v) is 3.11. The molecule has 4 nitrogen and oxygen atoms in total. The Bertz CT molecular complexity index is 306. The summed E-state index contributed by atoms with van der Waals surface area (Å²) in [5, 5.41) is 8.93. The quantitative estimate of drug-likeness (QED) is 0.315. The molecule has 0 saturated carbocycles. The van der Waals surface area contributed by atoms with E-state index in [1.165, 1.54) is 0 Å². The van der Waals surface area contributed by atoms with Crippen molar-refractivity contribution in [3.05, 3.63) is 0 Å². The van der Waals surface area contributed by atoms with Crippen molar-refractivity contribution in [3.8, 4) is 0 Å². The molecule has 0 rings (SSSR count). The normalized spacial score (nSPS) is 14.6. The Labute approximate surface area is 167 Å². The summed E-state index contributed by atoms with van der Waals surface area (Å²) in [6.45, 7) is 4.07. The van der Waals surface area contributed by atoms with Crippen molar-refractivity contribution in [3.63, 3.8) is 0 Å². The zero-order valence-electron chi connectivity index (χ0n) is 13.3. The molecule has 0 heterocycles. The maximum Gasteiger partial charge on any atom is 1.00 e. The number of hydrogen-bond donors (Lipinski definition) is 1. The van der Waals surface area contributed by atoms with Crippen molar-refractivity contribution >= 4 is 10.1 Å². The number of aliphatic hydroxyl groups excluding tert-OH is 1. The molecule has 0 amide bonds. The van der Waals surface area contributed by atoms with Gasteiger partial charge in [-0.05, 0) is 25.7 Å². The minimum Gasteiger partial charge on any atom is -0.748 e. The summed E-state index contributed by atoms with van der Waals surface area (Å²) in [6, 6.07) is 0. The van der Waals surface area contributed by atoms with Crippen LogP contribution in [0.15, 0.2) is 0 Å². The van der Waals surface area contributed by atoms with Crippen LogP contribution in [0.4, 0.5) is 0 Å². The summed E-state index contributed by atoms with van der Waals surface area (Å²) in [7, 11) is -4.16. The first-order valence-corrected chi connectivity index (χ1v) is 9.01. The van der Waals surface area contributed by atoms with Gasteiger partial charge >= 0.3 is 51.4 Å². The zero-order chi connectivity index (χ0) is 14.7. The van der Waals surface area contributed by atoms with Crippen LogP contribution in [0.25, 0.3) is 0 Å². The predicted molar refractivity (Wildman–Crippen MR) is 77.0 cm³/mol. The van der Waals surface area contributed by atoms with E-state index in [1.54, 1.807) is 0 Å². The van der Waals surface area contributed by atoms with Gasteiger partial charge in [0, 0.05) is 5.25 Å². The second-order valence-corrected chi connectivity index (χ2v) is 6.99. The summed E-state index contributed by atoms with van der Waals surface area (Å²) in [5.41, 5.74) is 0. The fraction of sp³-hybridized carbons (Fsp3) is 1.00. The molecule has 1 N–H and O–H groups in total. The third kappa shape index (κ3) is 13.2. The monoisotopic (exact) mass is 332 g/mol. The molecule has 116 valence electrons. The Hall–Kier alpha value is 1.51. The van der Waals surface area contributed by atoms with Crippen LogP contribution in [-0.2, 0) is 10.1 Å². The van der Waals surface area contributed by atoms with Gasteiger partial charge in [0.25, 0.3) is 0 Å². The molecule has 20 heavy (non-hydrogen) atoms. The minimum absolute atomic E-state index is 0. The van der Waals surface area contributed by atoms with E-state index in [0.717, 1.165) is 38.5 Å². The van der Waals surface area contributed by atoms with Crippen LogP contribution < -0.4 is 51.4 Å². The van der Waals surface area contributed by atoms with Crippen molar-refractivity contribution in [2.75, 3.05) is 0 Å². The van der Waals surface area contributed by atoms with Crippen molar-refractivity contribution in [2.45, 2.75) is 89.4 Å². The molecule has 0 aromatic rings. The molecule has 0 radical (unpaired) electrons. The average Bonchev–Trinajstić information content (AvgIpc) is 2.33. The van der Waals surface area contributed by atoms with E-state index < -0.39 is 15.4 Å². The molecular weight excluding hydrogens is 303 g/mol. The van der Waals surface area contributed by atoms with Gasteiger partial charge in [-0.1, -0.05) is 52.4 Å². The molecule has 0 fully saturated rings. The van der Waals surface area contributed by atoms with Crippen LogP contribution in [-0.4, -0.2) is 29.4 Å². The van der Waals surface area contributed by atoms with Gasteiger partial charge in [-0.3, -0.25) is 0 Å². The largest absolute Gasteiger partial charge is 1.00 e. The van der Waals surface area contributed by atoms with E-state index in [9.17, 15) is 18.1 Å². The van der Waals surface area contributed by atoms with Crippen LogP contribution in [0.2, 0.25) is 0 Å². The molecule has 0 aliphatic carbocycles. The minimum atomic E-state index is -4.16. The summed E-state index contributed by atoms with van der Waals surface area (Å²) >= 11 is 0. The predicted octanol–water partition coefficient (Wildman–Crippen LogP) is 0.206. The van der Waals surface area contributed by atoms with Gasteiger partial charge in [-0.15, -0.1) is 0 Å². The van der Waals surface area contributed by atoms with Gasteiger partial charge in [0.15, 0.2) is 0 Å². The molecule has 0 aromatic carbocycles. The first-order chi connectivity index (χ1) is 8.91. The van der Waals surface area contributed by atoms with Crippen molar-refractivity contribution < 1.29 is 69.5 Å². The molecule has 2 unspecified atom stereocenters. The summed E-state index contributed by atoms with van der Waals surface area (Å²) in [4.78, 5) is 0. The molecule has 0 bridgehead atoms. The molecule has 0 aliphatic rings. The summed E-state index contributed by atoms with van der Waals surface area (Å²) in [6.07, 6.45) is 7.44. The topological polar surface area (TPSA) is 77.4 Å². The van der Waals surface area contributed by atoms with Crippen LogP contribution in [0.3, 0.4) is 0 Å². The SMILES string of the molecule is CCCCC(O)CCCCC(CCCC)S(=O)(=O)[O-].[K+]. The molecule has 0 aromatic heterocycles. The second kappa shape index (κ2) is 14.1. The van der Waals surface area contributed by atoms with Crippen molar-refractivity contribution in [1.82, 2.24) is 0 Å². The Morgan fingerprint density at radius 1 is 0.900 bits per heavy atom. The van der Waals surface area contributed by atoms with E-state index in [4.69, 9.17) is 0 Å². The molecule has 6 heteroatoms. The number of unbranched alkanes of at least 4 members (excludes halogenated alkanes) is 3. The van der Waals surface area contributed by atoms with Gasteiger partial charge in [0.2, 0.25) is 0 Å². The van der Waals surface area contributed by atoms with Gasteiger partial charge in [0.1, 0.15) is 0 Å². The second-order valence-electron chi connectivity index (χ2n) is 5.34. The maximum absolute atomic E-state index is 11.1. The van der Waals surface area contributed by atoms with Gasteiger partial charge in [-0.25, -0.2) is 8.42 Å². The molecular formula is C14H29KO4S. The van der Waals surface area contributed by atoms with E-state index in [1.807, 2.05) is 6.92 Å². The van der Waals surface area contributed by atoms with Crippen molar-refractivity contribution in [1.29, 1.82) is 0 Å². The Morgan fingerprint density at radius 2 is 1.30 bits per heavy atom. The molecule has 0 aliphatic heterocycles. The molecule has 0 spiro atoms.